The SMILES string of the molecule is O=C(NNC(=S)Nc1ccncc1)c1cccc(Cl)c1. The average molecular weight is 307 g/mol. The van der Waals surface area contributed by atoms with Crippen molar-refractivity contribution in [2.75, 3.05) is 5.32 Å². The number of thiocarbonyl (C=S) groups is 1. The molecule has 20 heavy (non-hydrogen) atoms. The van der Waals surface area contributed by atoms with Crippen LogP contribution < -0.4 is 16.2 Å². The summed E-state index contributed by atoms with van der Waals surface area (Å²) in [4.78, 5) is 15.7. The molecule has 1 aromatic heterocycles. The molecular weight excluding hydrogens is 296 g/mol. The Balaban J connectivity index is 1.86. The smallest absolute Gasteiger partial charge is 0.269 e. The van der Waals surface area contributed by atoms with Crippen molar-refractivity contribution in [3.05, 3.63) is 59.4 Å². The van der Waals surface area contributed by atoms with Crippen molar-refractivity contribution in [3.63, 3.8) is 0 Å². The molecule has 0 bridgehead atoms. The lowest BCUT2D eigenvalue weighted by Crippen LogP contribution is -2.43. The molecule has 0 fully saturated rings. The molecule has 2 aromatic rings. The Morgan fingerprint density at radius 1 is 1.15 bits per heavy atom. The number of hydrogen-bond acceptors (Lipinski definition) is 3. The van der Waals surface area contributed by atoms with Crippen LogP contribution in [0.2, 0.25) is 5.02 Å². The molecule has 0 aliphatic carbocycles. The van der Waals surface area contributed by atoms with Gasteiger partial charge in [0.1, 0.15) is 0 Å². The van der Waals surface area contributed by atoms with Gasteiger partial charge in [-0.05, 0) is 42.5 Å². The molecule has 0 unspecified atom stereocenters. The van der Waals surface area contributed by atoms with Crippen molar-refractivity contribution in [2.24, 2.45) is 0 Å². The van der Waals surface area contributed by atoms with Gasteiger partial charge in [-0.1, -0.05) is 17.7 Å². The van der Waals surface area contributed by atoms with Crippen molar-refractivity contribution in [1.29, 1.82) is 0 Å². The highest BCUT2D eigenvalue weighted by Crippen LogP contribution is 2.10. The third kappa shape index (κ3) is 4.18. The molecule has 7 heteroatoms. The summed E-state index contributed by atoms with van der Waals surface area (Å²) in [6.07, 6.45) is 3.27. The first-order chi connectivity index (χ1) is 9.65. The van der Waals surface area contributed by atoms with E-state index in [0.717, 1.165) is 5.69 Å². The van der Waals surface area contributed by atoms with Gasteiger partial charge in [0, 0.05) is 28.7 Å². The lowest BCUT2D eigenvalue weighted by Gasteiger charge is -2.11. The maximum Gasteiger partial charge on any atom is 0.269 e. The van der Waals surface area contributed by atoms with Gasteiger partial charge in [-0.15, -0.1) is 0 Å². The van der Waals surface area contributed by atoms with E-state index in [1.54, 1.807) is 48.8 Å². The van der Waals surface area contributed by atoms with Crippen LogP contribution in [0.15, 0.2) is 48.8 Å². The van der Waals surface area contributed by atoms with Crippen LogP contribution in [0, 0.1) is 0 Å². The van der Waals surface area contributed by atoms with Crippen LogP contribution >= 0.6 is 23.8 Å². The summed E-state index contributed by atoms with van der Waals surface area (Å²) in [7, 11) is 0. The van der Waals surface area contributed by atoms with E-state index in [4.69, 9.17) is 23.8 Å². The normalized spacial score (nSPS) is 9.65. The van der Waals surface area contributed by atoms with Gasteiger partial charge in [0.15, 0.2) is 5.11 Å². The number of hydrazine groups is 1. The van der Waals surface area contributed by atoms with Crippen molar-refractivity contribution < 1.29 is 4.79 Å². The Labute approximate surface area is 126 Å². The van der Waals surface area contributed by atoms with Gasteiger partial charge in [-0.3, -0.25) is 20.6 Å². The Hall–Kier alpha value is -2.18. The van der Waals surface area contributed by atoms with E-state index in [9.17, 15) is 4.79 Å². The number of amides is 1. The third-order valence-electron chi connectivity index (χ3n) is 2.31. The fourth-order valence-corrected chi connectivity index (χ4v) is 1.77. The molecule has 0 saturated carbocycles. The Morgan fingerprint density at radius 3 is 2.60 bits per heavy atom. The second-order valence-corrected chi connectivity index (χ2v) is 4.62. The molecule has 2 rings (SSSR count). The van der Waals surface area contributed by atoms with Crippen LogP contribution in [-0.2, 0) is 0 Å². The van der Waals surface area contributed by atoms with Gasteiger partial charge < -0.3 is 5.32 Å². The lowest BCUT2D eigenvalue weighted by molar-refractivity contribution is 0.0944. The minimum atomic E-state index is -0.327. The molecule has 102 valence electrons. The summed E-state index contributed by atoms with van der Waals surface area (Å²) < 4.78 is 0. The van der Waals surface area contributed by atoms with E-state index >= 15 is 0 Å². The maximum atomic E-state index is 11.8. The van der Waals surface area contributed by atoms with Gasteiger partial charge in [0.25, 0.3) is 5.91 Å². The fourth-order valence-electron chi connectivity index (χ4n) is 1.41. The molecule has 0 saturated heterocycles. The second kappa shape index (κ2) is 6.83. The highest BCUT2D eigenvalue weighted by Gasteiger charge is 2.06. The summed E-state index contributed by atoms with van der Waals surface area (Å²) in [5, 5.41) is 3.67. The highest BCUT2D eigenvalue weighted by atomic mass is 35.5. The molecular formula is C13H11ClN4OS. The number of nitrogens with zero attached hydrogens (tertiary/aromatic N) is 1. The Morgan fingerprint density at radius 2 is 1.90 bits per heavy atom. The van der Waals surface area contributed by atoms with Gasteiger partial charge in [-0.2, -0.15) is 0 Å². The maximum absolute atomic E-state index is 11.8. The molecule has 1 amide bonds. The minimum absolute atomic E-state index is 0.270. The van der Waals surface area contributed by atoms with E-state index in [1.807, 2.05) is 0 Å². The summed E-state index contributed by atoms with van der Waals surface area (Å²) >= 11 is 10.9. The number of halogens is 1. The van der Waals surface area contributed by atoms with Crippen molar-refractivity contribution in [3.8, 4) is 0 Å². The number of pyridine rings is 1. The molecule has 5 nitrogen and oxygen atoms in total. The molecule has 3 N–H and O–H groups in total. The number of hydrogen-bond donors (Lipinski definition) is 3. The number of carbonyl (C=O) groups excluding carboxylic acids is 1. The lowest BCUT2D eigenvalue weighted by atomic mass is 10.2. The Kier molecular flexibility index (Phi) is 4.86. The second-order valence-electron chi connectivity index (χ2n) is 3.78. The van der Waals surface area contributed by atoms with Crippen LogP contribution in [0.5, 0.6) is 0 Å². The van der Waals surface area contributed by atoms with Crippen LogP contribution in [0.1, 0.15) is 10.4 Å². The zero-order chi connectivity index (χ0) is 14.4. The Bertz CT molecular complexity index is 621. The number of anilines is 1. The predicted octanol–water partition coefficient (Wildman–Crippen LogP) is 2.37. The molecule has 0 aliphatic heterocycles. The first kappa shape index (κ1) is 14.2. The van der Waals surface area contributed by atoms with Crippen molar-refractivity contribution in [1.82, 2.24) is 15.8 Å². The molecule has 1 aromatic carbocycles. The monoisotopic (exact) mass is 306 g/mol. The molecule has 0 spiro atoms. The highest BCUT2D eigenvalue weighted by molar-refractivity contribution is 7.80. The van der Waals surface area contributed by atoms with Gasteiger partial charge >= 0.3 is 0 Å². The summed E-state index contributed by atoms with van der Waals surface area (Å²) in [5.41, 5.74) is 6.30. The topological polar surface area (TPSA) is 66.1 Å². The summed E-state index contributed by atoms with van der Waals surface area (Å²) in [5.74, 6) is -0.327. The number of carbonyl (C=O) groups is 1. The number of aromatic nitrogens is 1. The van der Waals surface area contributed by atoms with Crippen LogP contribution in [0.25, 0.3) is 0 Å². The minimum Gasteiger partial charge on any atom is -0.331 e. The van der Waals surface area contributed by atoms with Gasteiger partial charge in [0.05, 0.1) is 0 Å². The summed E-state index contributed by atoms with van der Waals surface area (Å²) in [6, 6.07) is 10.1. The van der Waals surface area contributed by atoms with E-state index in [2.05, 4.69) is 21.2 Å². The van der Waals surface area contributed by atoms with Crippen LogP contribution in [0.4, 0.5) is 5.69 Å². The fraction of sp³-hybridized carbons (Fsp3) is 0. The van der Waals surface area contributed by atoms with E-state index in [1.165, 1.54) is 0 Å². The van der Waals surface area contributed by atoms with Crippen molar-refractivity contribution >= 4 is 40.5 Å². The predicted molar refractivity (Wildman–Crippen MR) is 82.5 cm³/mol. The van der Waals surface area contributed by atoms with Crippen LogP contribution in [-0.4, -0.2) is 16.0 Å². The molecule has 0 aliphatic rings. The average Bonchev–Trinajstić information content (AvgIpc) is 2.46. The third-order valence-corrected chi connectivity index (χ3v) is 2.75. The molecule has 0 radical (unpaired) electrons. The number of nitrogens with one attached hydrogen (secondary N) is 3. The van der Waals surface area contributed by atoms with Gasteiger partial charge in [0.2, 0.25) is 0 Å². The molecule has 0 atom stereocenters. The number of rotatable bonds is 2. The first-order valence-electron chi connectivity index (χ1n) is 5.68. The zero-order valence-electron chi connectivity index (χ0n) is 10.3. The standard InChI is InChI=1S/C13H11ClN4OS/c14-10-3-1-2-9(8-10)12(19)17-18-13(20)16-11-4-6-15-7-5-11/h1-8H,(H,17,19)(H2,15,16,18,20). The van der Waals surface area contributed by atoms with Crippen LogP contribution in [0.3, 0.4) is 0 Å². The largest absolute Gasteiger partial charge is 0.331 e. The van der Waals surface area contributed by atoms with Gasteiger partial charge in [-0.25, -0.2) is 0 Å². The number of benzene rings is 1. The quantitative estimate of drug-likeness (QED) is 0.587. The van der Waals surface area contributed by atoms with E-state index in [-0.39, 0.29) is 11.0 Å². The van der Waals surface area contributed by atoms with E-state index in [0.29, 0.717) is 10.6 Å². The van der Waals surface area contributed by atoms with E-state index < -0.39 is 0 Å². The zero-order valence-corrected chi connectivity index (χ0v) is 11.8. The summed E-state index contributed by atoms with van der Waals surface area (Å²) in [6.45, 7) is 0. The van der Waals surface area contributed by atoms with Crippen molar-refractivity contribution in [2.45, 2.75) is 0 Å². The first-order valence-corrected chi connectivity index (χ1v) is 6.47. The molecule has 1 heterocycles.